The molecule has 0 aromatic heterocycles. The third-order valence-corrected chi connectivity index (χ3v) is 10.2. The SMILES string of the molecule is CCCCCCCCCCCCCCCCCC(=O)OCC(C)CC.CCCCCCCCCCCCCCCCCC(=O)OCC(O)CO.COC(=O)OC. The van der Waals surface area contributed by atoms with Crippen molar-refractivity contribution in [1.29, 1.82) is 0 Å². The van der Waals surface area contributed by atoms with Gasteiger partial charge in [-0.05, 0) is 18.8 Å². The fourth-order valence-electron chi connectivity index (χ4n) is 6.10. The van der Waals surface area contributed by atoms with E-state index in [1.807, 2.05) is 0 Å². The van der Waals surface area contributed by atoms with E-state index in [0.717, 1.165) is 25.7 Å². The fourth-order valence-corrected chi connectivity index (χ4v) is 6.10. The summed E-state index contributed by atoms with van der Waals surface area (Å²) in [7, 11) is 2.51. The minimum atomic E-state index is -0.954. The van der Waals surface area contributed by atoms with Crippen molar-refractivity contribution in [2.24, 2.45) is 5.92 Å². The number of aliphatic hydroxyl groups is 2. The zero-order chi connectivity index (χ0) is 42.2. The van der Waals surface area contributed by atoms with E-state index in [2.05, 4.69) is 37.2 Å². The molecule has 2 atom stereocenters. The van der Waals surface area contributed by atoms with Crippen molar-refractivity contribution in [1.82, 2.24) is 0 Å². The Kier molecular flexibility index (Phi) is 53.4. The number of aliphatic hydroxyl groups excluding tert-OH is 2. The summed E-state index contributed by atoms with van der Waals surface area (Å²) >= 11 is 0. The zero-order valence-corrected chi connectivity index (χ0v) is 37.9. The van der Waals surface area contributed by atoms with Crippen molar-refractivity contribution in [2.75, 3.05) is 34.0 Å². The molecule has 0 rings (SSSR count). The summed E-state index contributed by atoms with van der Waals surface area (Å²) in [4.78, 5) is 32.7. The second kappa shape index (κ2) is 51.1. The number of hydrogen-bond acceptors (Lipinski definition) is 9. The Labute approximate surface area is 346 Å². The second-order valence-electron chi connectivity index (χ2n) is 15.8. The molecule has 0 aliphatic heterocycles. The molecule has 0 spiro atoms. The molecule has 0 aliphatic rings. The normalized spacial score (nSPS) is 11.7. The first kappa shape index (κ1) is 58.4. The molecule has 2 N–H and O–H groups in total. The van der Waals surface area contributed by atoms with Crippen LogP contribution in [0.3, 0.4) is 0 Å². The molecule has 0 saturated carbocycles. The van der Waals surface area contributed by atoms with Gasteiger partial charge in [0.25, 0.3) is 0 Å². The average Bonchev–Trinajstić information content (AvgIpc) is 3.21. The van der Waals surface area contributed by atoms with Gasteiger partial charge in [-0.25, -0.2) is 4.79 Å². The number of carbonyl (C=O) groups excluding carboxylic acids is 3. The predicted molar refractivity (Wildman–Crippen MR) is 233 cm³/mol. The molecule has 0 aromatic carbocycles. The van der Waals surface area contributed by atoms with E-state index < -0.39 is 12.3 Å². The summed E-state index contributed by atoms with van der Waals surface area (Å²) < 4.78 is 18.2. The molecule has 9 heteroatoms. The summed E-state index contributed by atoms with van der Waals surface area (Å²) in [6, 6.07) is 0. The van der Waals surface area contributed by atoms with Crippen molar-refractivity contribution in [3.8, 4) is 0 Å². The standard InChI is InChI=1S/C23H46O2.C21H42O4.C3H6O3/c1-4-6-7-8-9-10-11-12-13-14-15-16-17-18-19-20-23(24)25-21-22(3)5-2;1-2-3-4-5-6-7-8-9-10-11-12-13-14-15-16-17-21(24)25-19-20(23)18-22;1-5-3(4)6-2/h22H,4-21H2,1-3H3;20,22-23H,2-19H2,1H3;1-2H3. The van der Waals surface area contributed by atoms with Gasteiger partial charge in [0.1, 0.15) is 12.7 Å². The molecule has 0 aromatic rings. The minimum Gasteiger partial charge on any atom is -0.465 e. The van der Waals surface area contributed by atoms with E-state index in [-0.39, 0.29) is 25.2 Å². The number of hydrogen-bond donors (Lipinski definition) is 2. The monoisotopic (exact) mass is 803 g/mol. The molecule has 0 saturated heterocycles. The lowest BCUT2D eigenvalue weighted by molar-refractivity contribution is -0.147. The van der Waals surface area contributed by atoms with Gasteiger partial charge >= 0.3 is 18.1 Å². The zero-order valence-electron chi connectivity index (χ0n) is 37.9. The van der Waals surface area contributed by atoms with Crippen LogP contribution in [0.15, 0.2) is 0 Å². The van der Waals surface area contributed by atoms with E-state index in [4.69, 9.17) is 19.7 Å². The van der Waals surface area contributed by atoms with Gasteiger partial charge in [0.2, 0.25) is 0 Å². The van der Waals surface area contributed by atoms with Crippen LogP contribution < -0.4 is 0 Å². The third kappa shape index (κ3) is 54.2. The first-order valence-corrected chi connectivity index (χ1v) is 23.4. The summed E-state index contributed by atoms with van der Waals surface area (Å²) in [5, 5.41) is 17.7. The van der Waals surface area contributed by atoms with E-state index in [0.29, 0.717) is 25.4 Å². The Morgan fingerprint density at radius 1 is 0.446 bits per heavy atom. The van der Waals surface area contributed by atoms with Gasteiger partial charge in [-0.15, -0.1) is 0 Å². The van der Waals surface area contributed by atoms with Crippen molar-refractivity contribution in [3.05, 3.63) is 0 Å². The maximum atomic E-state index is 11.6. The second-order valence-corrected chi connectivity index (χ2v) is 15.8. The highest BCUT2D eigenvalue weighted by molar-refractivity contribution is 5.69. The summed E-state index contributed by atoms with van der Waals surface area (Å²) in [5.41, 5.74) is 0. The summed E-state index contributed by atoms with van der Waals surface area (Å²) in [5.74, 6) is 0.210. The Morgan fingerprint density at radius 2 is 0.714 bits per heavy atom. The van der Waals surface area contributed by atoms with E-state index in [1.54, 1.807) is 0 Å². The molecule has 9 nitrogen and oxygen atoms in total. The molecular weight excluding hydrogens is 709 g/mol. The highest BCUT2D eigenvalue weighted by Crippen LogP contribution is 2.15. The topological polar surface area (TPSA) is 129 Å². The molecule has 0 amide bonds. The van der Waals surface area contributed by atoms with E-state index in [9.17, 15) is 14.4 Å². The van der Waals surface area contributed by atoms with Gasteiger partial charge in [0, 0.05) is 12.8 Å². The van der Waals surface area contributed by atoms with Gasteiger partial charge in [-0.2, -0.15) is 0 Å². The van der Waals surface area contributed by atoms with Crippen molar-refractivity contribution < 1.29 is 43.5 Å². The Bertz CT molecular complexity index is 730. The average molecular weight is 803 g/mol. The van der Waals surface area contributed by atoms with Crippen LogP contribution in [0.4, 0.5) is 4.79 Å². The first-order chi connectivity index (χ1) is 27.2. The number of ether oxygens (including phenoxy) is 4. The van der Waals surface area contributed by atoms with E-state index >= 15 is 0 Å². The van der Waals surface area contributed by atoms with Crippen LogP contribution in [0.25, 0.3) is 0 Å². The third-order valence-electron chi connectivity index (χ3n) is 10.2. The maximum Gasteiger partial charge on any atom is 0.507 e. The van der Waals surface area contributed by atoms with Crippen molar-refractivity contribution >= 4 is 18.1 Å². The molecule has 0 bridgehead atoms. The highest BCUT2D eigenvalue weighted by Gasteiger charge is 2.08. The lowest BCUT2D eigenvalue weighted by atomic mass is 10.0. The van der Waals surface area contributed by atoms with Gasteiger partial charge < -0.3 is 29.2 Å². The quantitative estimate of drug-likeness (QED) is 0.0356. The largest absolute Gasteiger partial charge is 0.507 e. The first-order valence-electron chi connectivity index (χ1n) is 23.4. The van der Waals surface area contributed by atoms with Gasteiger partial charge in [0.05, 0.1) is 27.4 Å². The molecular formula is C47H94O9. The van der Waals surface area contributed by atoms with Gasteiger partial charge in [-0.1, -0.05) is 214 Å². The van der Waals surface area contributed by atoms with Crippen LogP contribution in [0.5, 0.6) is 0 Å². The number of rotatable bonds is 38. The Balaban J connectivity index is -0.000000874. The highest BCUT2D eigenvalue weighted by atomic mass is 16.7. The fraction of sp³-hybridized carbons (Fsp3) is 0.936. The molecule has 0 radical (unpaired) electrons. The molecule has 0 fully saturated rings. The number of esters is 2. The van der Waals surface area contributed by atoms with Crippen LogP contribution in [-0.4, -0.2) is 68.5 Å². The lowest BCUT2D eigenvalue weighted by Gasteiger charge is -2.09. The van der Waals surface area contributed by atoms with Gasteiger partial charge in [-0.3, -0.25) is 9.59 Å². The van der Waals surface area contributed by atoms with Crippen LogP contribution in [0.1, 0.15) is 240 Å². The van der Waals surface area contributed by atoms with E-state index in [1.165, 1.54) is 188 Å². The molecule has 56 heavy (non-hydrogen) atoms. The lowest BCUT2D eigenvalue weighted by Crippen LogP contribution is -2.21. The molecule has 0 aliphatic carbocycles. The Morgan fingerprint density at radius 3 is 0.946 bits per heavy atom. The smallest absolute Gasteiger partial charge is 0.465 e. The van der Waals surface area contributed by atoms with Crippen LogP contribution in [-0.2, 0) is 28.5 Å². The number of carbonyl (C=O) groups is 3. The predicted octanol–water partition coefficient (Wildman–Crippen LogP) is 13.4. The van der Waals surface area contributed by atoms with Crippen molar-refractivity contribution in [2.45, 2.75) is 246 Å². The van der Waals surface area contributed by atoms with Crippen LogP contribution >= 0.6 is 0 Å². The van der Waals surface area contributed by atoms with Crippen LogP contribution in [0, 0.1) is 5.92 Å². The molecule has 336 valence electrons. The summed E-state index contributed by atoms with van der Waals surface area (Å²) in [6.45, 7) is 8.92. The van der Waals surface area contributed by atoms with Crippen molar-refractivity contribution in [3.63, 3.8) is 0 Å². The summed E-state index contributed by atoms with van der Waals surface area (Å²) in [6.07, 6.45) is 40.4. The molecule has 2 unspecified atom stereocenters. The number of methoxy groups -OCH3 is 2. The minimum absolute atomic E-state index is 0.00464. The maximum absolute atomic E-state index is 11.6. The Hall–Kier alpha value is -1.87. The van der Waals surface area contributed by atoms with Crippen LogP contribution in [0.2, 0.25) is 0 Å². The molecule has 0 heterocycles. The van der Waals surface area contributed by atoms with Gasteiger partial charge in [0.15, 0.2) is 0 Å². The number of unbranched alkanes of at least 4 members (excludes halogenated alkanes) is 28.